The normalized spacial score (nSPS) is 12.3. The van der Waals surface area contributed by atoms with Gasteiger partial charge in [0.2, 0.25) is 5.91 Å². The number of nitrogens with one attached hydrogen (secondary N) is 1. The fourth-order valence-electron chi connectivity index (χ4n) is 1.61. The van der Waals surface area contributed by atoms with Crippen molar-refractivity contribution in [2.75, 3.05) is 11.9 Å². The van der Waals surface area contributed by atoms with Crippen molar-refractivity contribution in [2.24, 2.45) is 11.7 Å². The zero-order valence-corrected chi connectivity index (χ0v) is 11.6. The fraction of sp³-hybridized carbons (Fsp3) is 0.500. The number of carbonyl (C=O) groups excluding carboxylic acids is 1. The summed E-state index contributed by atoms with van der Waals surface area (Å²) < 4.78 is 5.38. The monoisotopic (exact) mass is 266 g/mol. The Bertz CT molecular complexity index is 433. The van der Waals surface area contributed by atoms with Crippen molar-refractivity contribution >= 4 is 11.6 Å². The third-order valence-electron chi connectivity index (χ3n) is 2.82. The predicted octanol–water partition coefficient (Wildman–Crippen LogP) is 1.50. The largest absolute Gasteiger partial charge is 0.494 e. The van der Waals surface area contributed by atoms with Gasteiger partial charge in [-0.25, -0.2) is 0 Å². The Morgan fingerprint density at radius 1 is 1.47 bits per heavy atom. The molecule has 1 atom stereocenters. The molecule has 4 N–H and O–H groups in total. The molecule has 5 nitrogen and oxygen atoms in total. The van der Waals surface area contributed by atoms with Gasteiger partial charge in [0.05, 0.1) is 19.3 Å². The van der Waals surface area contributed by atoms with Crippen LogP contribution in [-0.2, 0) is 11.4 Å². The Balaban J connectivity index is 2.82. The summed E-state index contributed by atoms with van der Waals surface area (Å²) in [5.41, 5.74) is 7.01. The molecular weight excluding hydrogens is 244 g/mol. The van der Waals surface area contributed by atoms with Crippen molar-refractivity contribution in [1.82, 2.24) is 0 Å². The van der Waals surface area contributed by atoms with Gasteiger partial charge in [-0.15, -0.1) is 0 Å². The second-order valence-corrected chi connectivity index (χ2v) is 4.67. The van der Waals surface area contributed by atoms with Crippen LogP contribution < -0.4 is 15.8 Å². The van der Waals surface area contributed by atoms with Crippen LogP contribution in [0.25, 0.3) is 0 Å². The number of aliphatic hydroxyl groups is 1. The molecule has 0 aliphatic heterocycles. The maximum absolute atomic E-state index is 11.8. The quantitative estimate of drug-likeness (QED) is 0.728. The van der Waals surface area contributed by atoms with Crippen LogP contribution in [0.15, 0.2) is 18.2 Å². The van der Waals surface area contributed by atoms with Gasteiger partial charge in [-0.2, -0.15) is 0 Å². The van der Waals surface area contributed by atoms with Crippen LogP contribution in [0.4, 0.5) is 5.69 Å². The van der Waals surface area contributed by atoms with Crippen molar-refractivity contribution in [3.05, 3.63) is 23.8 Å². The lowest BCUT2D eigenvalue weighted by Crippen LogP contribution is -2.39. The molecule has 0 spiro atoms. The van der Waals surface area contributed by atoms with Crippen LogP contribution >= 0.6 is 0 Å². The number of hydrogen-bond donors (Lipinski definition) is 3. The summed E-state index contributed by atoms with van der Waals surface area (Å²) in [6.45, 7) is 6.04. The van der Waals surface area contributed by atoms with Crippen LogP contribution in [0.3, 0.4) is 0 Å². The molecule has 5 heteroatoms. The molecule has 0 aliphatic rings. The molecule has 0 aromatic heterocycles. The van der Waals surface area contributed by atoms with Gasteiger partial charge in [0.1, 0.15) is 5.75 Å². The molecule has 0 bridgehead atoms. The third-order valence-corrected chi connectivity index (χ3v) is 2.82. The highest BCUT2D eigenvalue weighted by Gasteiger charge is 2.17. The molecule has 1 aromatic carbocycles. The molecule has 0 radical (unpaired) electrons. The molecule has 19 heavy (non-hydrogen) atoms. The SMILES string of the molecule is CCOc1ccc(NC(=O)C(N)C(C)C)cc1CO. The molecule has 1 aromatic rings. The summed E-state index contributed by atoms with van der Waals surface area (Å²) in [6.07, 6.45) is 0. The standard InChI is InChI=1S/C14H22N2O3/c1-4-19-12-6-5-11(7-10(12)8-17)16-14(18)13(15)9(2)3/h5-7,9,13,17H,4,8,15H2,1-3H3,(H,16,18). The van der Waals surface area contributed by atoms with Crippen LogP contribution in [0.1, 0.15) is 26.3 Å². The number of anilines is 1. The van der Waals surface area contributed by atoms with Crippen LogP contribution in [0.2, 0.25) is 0 Å². The molecule has 0 aliphatic carbocycles. The summed E-state index contributed by atoms with van der Waals surface area (Å²) >= 11 is 0. The number of rotatable bonds is 6. The van der Waals surface area contributed by atoms with Crippen molar-refractivity contribution in [1.29, 1.82) is 0 Å². The maximum atomic E-state index is 11.8. The van der Waals surface area contributed by atoms with Gasteiger partial charge in [-0.3, -0.25) is 4.79 Å². The molecular formula is C14H22N2O3. The molecule has 106 valence electrons. The van der Waals surface area contributed by atoms with Crippen molar-refractivity contribution in [3.63, 3.8) is 0 Å². The second-order valence-electron chi connectivity index (χ2n) is 4.67. The first-order chi connectivity index (χ1) is 8.99. The van der Waals surface area contributed by atoms with Crippen LogP contribution in [0.5, 0.6) is 5.75 Å². The third kappa shape index (κ3) is 4.22. The van der Waals surface area contributed by atoms with Gasteiger partial charge in [-0.05, 0) is 31.0 Å². The van der Waals surface area contributed by atoms with Crippen LogP contribution in [-0.4, -0.2) is 23.7 Å². The summed E-state index contributed by atoms with van der Waals surface area (Å²) in [4.78, 5) is 11.8. The van der Waals surface area contributed by atoms with E-state index in [-0.39, 0.29) is 18.4 Å². The zero-order chi connectivity index (χ0) is 14.4. The Labute approximate surface area is 113 Å². The highest BCUT2D eigenvalue weighted by Crippen LogP contribution is 2.23. The van der Waals surface area contributed by atoms with Crippen LogP contribution in [0, 0.1) is 5.92 Å². The highest BCUT2D eigenvalue weighted by molar-refractivity contribution is 5.95. The molecule has 1 rings (SSSR count). The molecule has 0 saturated carbocycles. The lowest BCUT2D eigenvalue weighted by molar-refractivity contribution is -0.118. The first kappa shape index (κ1) is 15.5. The highest BCUT2D eigenvalue weighted by atomic mass is 16.5. The minimum atomic E-state index is -0.552. The summed E-state index contributed by atoms with van der Waals surface area (Å²) in [5.74, 6) is 0.458. The molecule has 0 heterocycles. The average molecular weight is 266 g/mol. The Morgan fingerprint density at radius 3 is 2.68 bits per heavy atom. The predicted molar refractivity (Wildman–Crippen MR) is 75.0 cm³/mol. The molecule has 1 unspecified atom stereocenters. The van der Waals surface area contributed by atoms with Crippen molar-refractivity contribution in [2.45, 2.75) is 33.4 Å². The van der Waals surface area contributed by atoms with Gasteiger partial charge in [-0.1, -0.05) is 13.8 Å². The fourth-order valence-corrected chi connectivity index (χ4v) is 1.61. The van der Waals surface area contributed by atoms with E-state index in [1.807, 2.05) is 20.8 Å². The number of aliphatic hydroxyl groups excluding tert-OH is 1. The average Bonchev–Trinajstić information content (AvgIpc) is 2.39. The van der Waals surface area contributed by atoms with E-state index >= 15 is 0 Å². The Hall–Kier alpha value is -1.59. The van der Waals surface area contributed by atoms with E-state index < -0.39 is 6.04 Å². The smallest absolute Gasteiger partial charge is 0.241 e. The van der Waals surface area contributed by atoms with E-state index in [2.05, 4.69) is 5.32 Å². The van der Waals surface area contributed by atoms with Gasteiger partial charge in [0, 0.05) is 11.3 Å². The van der Waals surface area contributed by atoms with E-state index in [4.69, 9.17) is 10.5 Å². The molecule has 1 amide bonds. The first-order valence-corrected chi connectivity index (χ1v) is 6.42. The minimum Gasteiger partial charge on any atom is -0.494 e. The Morgan fingerprint density at radius 2 is 2.16 bits per heavy atom. The van der Waals surface area contributed by atoms with E-state index in [0.29, 0.717) is 23.6 Å². The summed E-state index contributed by atoms with van der Waals surface area (Å²) in [5, 5.41) is 12.0. The molecule has 0 saturated heterocycles. The minimum absolute atomic E-state index is 0.0695. The van der Waals surface area contributed by atoms with E-state index in [1.165, 1.54) is 0 Å². The van der Waals surface area contributed by atoms with E-state index in [1.54, 1.807) is 18.2 Å². The Kier molecular flexibility index (Phi) is 5.79. The second kappa shape index (κ2) is 7.11. The lowest BCUT2D eigenvalue weighted by atomic mass is 10.0. The maximum Gasteiger partial charge on any atom is 0.241 e. The lowest BCUT2D eigenvalue weighted by Gasteiger charge is -2.16. The van der Waals surface area contributed by atoms with Gasteiger partial charge >= 0.3 is 0 Å². The number of carbonyl (C=O) groups is 1. The summed E-state index contributed by atoms with van der Waals surface area (Å²) in [6, 6.07) is 4.60. The number of nitrogens with two attached hydrogens (primary N) is 1. The van der Waals surface area contributed by atoms with Gasteiger partial charge in [0.15, 0.2) is 0 Å². The topological polar surface area (TPSA) is 84.6 Å². The van der Waals surface area contributed by atoms with E-state index in [9.17, 15) is 9.90 Å². The van der Waals surface area contributed by atoms with Crippen molar-refractivity contribution in [3.8, 4) is 5.75 Å². The first-order valence-electron chi connectivity index (χ1n) is 6.42. The van der Waals surface area contributed by atoms with Crippen molar-refractivity contribution < 1.29 is 14.6 Å². The number of benzene rings is 1. The van der Waals surface area contributed by atoms with Gasteiger partial charge < -0.3 is 20.9 Å². The zero-order valence-electron chi connectivity index (χ0n) is 11.6. The van der Waals surface area contributed by atoms with Gasteiger partial charge in [0.25, 0.3) is 0 Å². The van der Waals surface area contributed by atoms with E-state index in [0.717, 1.165) is 0 Å². The summed E-state index contributed by atoms with van der Waals surface area (Å²) in [7, 11) is 0. The number of ether oxygens (including phenoxy) is 1. The molecule has 0 fully saturated rings. The number of amides is 1. The number of hydrogen-bond acceptors (Lipinski definition) is 4.